The van der Waals surface area contributed by atoms with Gasteiger partial charge in [0, 0.05) is 5.39 Å². The summed E-state index contributed by atoms with van der Waals surface area (Å²) in [5.74, 6) is -0.0115. The van der Waals surface area contributed by atoms with E-state index in [1.807, 2.05) is 6.07 Å². The van der Waals surface area contributed by atoms with Crippen LogP contribution in [0.5, 0.6) is 5.75 Å². The molecule has 2 aromatic rings. The molecular weight excluding hydrogens is 420 g/mol. The Morgan fingerprint density at radius 3 is 2.35 bits per heavy atom. The Balaban J connectivity index is 3.13. The fraction of sp³-hybridized carbons (Fsp3) is 0. The molecule has 3 N–H and O–H groups in total. The van der Waals surface area contributed by atoms with Crippen molar-refractivity contribution in [3.05, 3.63) is 19.0 Å². The van der Waals surface area contributed by atoms with Crippen LogP contribution < -0.4 is 5.73 Å². The van der Waals surface area contributed by atoms with Gasteiger partial charge in [0.2, 0.25) is 0 Å². The average Bonchev–Trinajstić information content (AvgIpc) is 2.33. The Bertz CT molecular complexity index is 680. The van der Waals surface area contributed by atoms with Crippen LogP contribution in [-0.4, -0.2) is 15.3 Å². The van der Waals surface area contributed by atoms with E-state index in [9.17, 15) is 5.11 Å². The van der Waals surface area contributed by atoms with Crippen LogP contribution in [0.2, 0.25) is 0 Å². The Labute approximate surface area is 121 Å². The fourth-order valence-corrected chi connectivity index (χ4v) is 3.06. The summed E-state index contributed by atoms with van der Waals surface area (Å²) in [6.45, 7) is 0. The van der Waals surface area contributed by atoms with Gasteiger partial charge >= 0.3 is 0 Å². The van der Waals surface area contributed by atoms with E-state index < -0.39 is 0 Å². The van der Waals surface area contributed by atoms with E-state index in [1.54, 1.807) is 0 Å². The summed E-state index contributed by atoms with van der Waals surface area (Å²) in [7, 11) is 0. The highest BCUT2D eigenvalue weighted by Gasteiger charge is 2.20. The van der Waals surface area contributed by atoms with E-state index in [4.69, 9.17) is 11.0 Å². The van der Waals surface area contributed by atoms with E-state index in [1.165, 1.54) is 0 Å². The number of hydrogen-bond acceptors (Lipinski definition) is 5. The summed E-state index contributed by atoms with van der Waals surface area (Å²) in [6, 6.07) is 1.95. The van der Waals surface area contributed by atoms with Crippen LogP contribution in [0.25, 0.3) is 10.9 Å². The average molecular weight is 423 g/mol. The number of rotatable bonds is 0. The first kappa shape index (κ1) is 12.5. The Hall–Kier alpha value is -0.910. The molecular formula is C9H3Br3N4O. The van der Waals surface area contributed by atoms with E-state index in [0.717, 1.165) is 0 Å². The predicted molar refractivity (Wildman–Crippen MR) is 73.4 cm³/mol. The van der Waals surface area contributed by atoms with Crippen molar-refractivity contribution >= 4 is 64.5 Å². The molecule has 0 aliphatic carbocycles. The van der Waals surface area contributed by atoms with E-state index in [0.29, 0.717) is 24.3 Å². The Kier molecular flexibility index (Phi) is 3.25. The van der Waals surface area contributed by atoms with Crippen molar-refractivity contribution in [3.8, 4) is 11.8 Å². The van der Waals surface area contributed by atoms with Crippen molar-refractivity contribution in [2.45, 2.75) is 0 Å². The van der Waals surface area contributed by atoms with Crippen molar-refractivity contribution in [1.29, 1.82) is 5.26 Å². The van der Waals surface area contributed by atoms with Crippen molar-refractivity contribution < 1.29 is 5.11 Å². The van der Waals surface area contributed by atoms with Crippen LogP contribution in [0.15, 0.2) is 13.4 Å². The van der Waals surface area contributed by atoms with Crippen LogP contribution >= 0.6 is 47.8 Å². The summed E-state index contributed by atoms with van der Waals surface area (Å²) >= 11 is 9.70. The lowest BCUT2D eigenvalue weighted by Gasteiger charge is -2.09. The molecule has 0 amide bonds. The first-order valence-electron chi connectivity index (χ1n) is 4.20. The number of fused-ring (bicyclic) bond motifs is 1. The molecule has 0 spiro atoms. The number of nitrogens with zero attached hydrogens (tertiary/aromatic N) is 3. The molecule has 1 aromatic carbocycles. The van der Waals surface area contributed by atoms with Gasteiger partial charge in [0.1, 0.15) is 22.9 Å². The molecule has 86 valence electrons. The molecule has 0 aliphatic rings. The monoisotopic (exact) mass is 420 g/mol. The topological polar surface area (TPSA) is 95.8 Å². The third-order valence-electron chi connectivity index (χ3n) is 2.15. The van der Waals surface area contributed by atoms with Gasteiger partial charge in [-0.15, -0.1) is 10.2 Å². The number of phenolic OH excluding ortho intramolecular Hbond substituents is 1. The summed E-state index contributed by atoms with van der Waals surface area (Å²) in [6.07, 6.45) is 0. The maximum Gasteiger partial charge on any atom is 0.164 e. The van der Waals surface area contributed by atoms with Crippen LogP contribution in [0.4, 0.5) is 5.82 Å². The number of hydrogen-bond donors (Lipinski definition) is 2. The van der Waals surface area contributed by atoms with Crippen molar-refractivity contribution in [2.75, 3.05) is 5.73 Å². The van der Waals surface area contributed by atoms with Crippen LogP contribution in [0.1, 0.15) is 5.56 Å². The maximum absolute atomic E-state index is 9.87. The van der Waals surface area contributed by atoms with Crippen LogP contribution in [-0.2, 0) is 0 Å². The van der Waals surface area contributed by atoms with E-state index in [2.05, 4.69) is 58.0 Å². The zero-order valence-corrected chi connectivity index (χ0v) is 12.8. The molecule has 0 radical (unpaired) electrons. The van der Waals surface area contributed by atoms with Gasteiger partial charge in [-0.05, 0) is 47.8 Å². The lowest BCUT2D eigenvalue weighted by molar-refractivity contribution is 0.469. The van der Waals surface area contributed by atoms with Crippen molar-refractivity contribution in [1.82, 2.24) is 10.2 Å². The second-order valence-electron chi connectivity index (χ2n) is 3.09. The van der Waals surface area contributed by atoms with Gasteiger partial charge in [0.25, 0.3) is 0 Å². The minimum atomic E-state index is -0.0340. The lowest BCUT2D eigenvalue weighted by Crippen LogP contribution is -2.00. The number of aromatic nitrogens is 2. The molecule has 0 saturated heterocycles. The molecule has 0 atom stereocenters. The van der Waals surface area contributed by atoms with Gasteiger partial charge in [0.15, 0.2) is 5.82 Å². The van der Waals surface area contributed by atoms with Gasteiger partial charge in [-0.3, -0.25) is 0 Å². The quantitative estimate of drug-likeness (QED) is 0.636. The predicted octanol–water partition coefficient (Wildman–Crippen LogP) is 3.08. The second kappa shape index (κ2) is 4.40. The number of phenols is 1. The van der Waals surface area contributed by atoms with Gasteiger partial charge in [-0.1, -0.05) is 0 Å². The molecule has 5 nitrogen and oxygen atoms in total. The van der Waals surface area contributed by atoms with Crippen LogP contribution in [0, 0.1) is 11.3 Å². The van der Waals surface area contributed by atoms with Gasteiger partial charge in [-0.25, -0.2) is 0 Å². The van der Waals surface area contributed by atoms with E-state index >= 15 is 0 Å². The molecule has 0 unspecified atom stereocenters. The number of nitriles is 1. The van der Waals surface area contributed by atoms with Crippen LogP contribution in [0.3, 0.4) is 0 Å². The normalized spacial score (nSPS) is 10.5. The molecule has 0 bridgehead atoms. The molecule has 17 heavy (non-hydrogen) atoms. The summed E-state index contributed by atoms with van der Waals surface area (Å²) in [4.78, 5) is 0. The number of halogens is 3. The minimum Gasteiger partial charge on any atom is -0.506 e. The number of benzene rings is 1. The first-order chi connectivity index (χ1) is 7.99. The van der Waals surface area contributed by atoms with Crippen molar-refractivity contribution in [3.63, 3.8) is 0 Å². The summed E-state index contributed by atoms with van der Waals surface area (Å²) < 4.78 is 1.29. The second-order valence-corrected chi connectivity index (χ2v) is 5.47. The largest absolute Gasteiger partial charge is 0.506 e. The number of aromatic hydroxyl groups is 1. The first-order valence-corrected chi connectivity index (χ1v) is 6.58. The highest BCUT2D eigenvalue weighted by molar-refractivity contribution is 9.13. The zero-order valence-electron chi connectivity index (χ0n) is 8.00. The molecule has 2 rings (SSSR count). The third kappa shape index (κ3) is 1.78. The van der Waals surface area contributed by atoms with Gasteiger partial charge in [0.05, 0.1) is 13.4 Å². The molecule has 0 aliphatic heterocycles. The Morgan fingerprint density at radius 2 is 1.76 bits per heavy atom. The third-order valence-corrected chi connectivity index (χ3v) is 5.00. The standard InChI is InChI=1S/C9H3Br3N4O/c10-4-3-2(1-13)9(14)16-15-7(3)5(11)6(12)8(4)17/h17H,(H2,14,16). The smallest absolute Gasteiger partial charge is 0.164 e. The molecule has 0 saturated carbocycles. The zero-order chi connectivity index (χ0) is 12.7. The summed E-state index contributed by atoms with van der Waals surface area (Å²) in [5, 5.41) is 27.0. The highest BCUT2D eigenvalue weighted by atomic mass is 79.9. The number of nitrogen functional groups attached to an aromatic ring is 1. The number of nitrogens with two attached hydrogens (primary N) is 1. The minimum absolute atomic E-state index is 0.0225. The SMILES string of the molecule is N#Cc1c(N)nnc2c(Br)c(Br)c(O)c(Br)c12. The molecule has 1 aromatic heterocycles. The maximum atomic E-state index is 9.87. The molecule has 0 fully saturated rings. The van der Waals surface area contributed by atoms with Gasteiger partial charge in [-0.2, -0.15) is 5.26 Å². The highest BCUT2D eigenvalue weighted by Crippen LogP contribution is 2.45. The number of anilines is 1. The van der Waals surface area contributed by atoms with E-state index in [-0.39, 0.29) is 17.1 Å². The molecule has 1 heterocycles. The lowest BCUT2D eigenvalue weighted by atomic mass is 10.1. The summed E-state index contributed by atoms with van der Waals surface area (Å²) in [5.41, 5.74) is 6.19. The van der Waals surface area contributed by atoms with Crippen molar-refractivity contribution in [2.24, 2.45) is 0 Å². The molecule has 8 heteroatoms. The fourth-order valence-electron chi connectivity index (χ4n) is 1.35. The Morgan fingerprint density at radius 1 is 1.12 bits per heavy atom. The van der Waals surface area contributed by atoms with Gasteiger partial charge < -0.3 is 10.8 Å².